The molecule has 8 nitrogen and oxygen atoms in total. The minimum Gasteiger partial charge on any atom is -0.258 e. The number of non-ortho nitro benzene ring substituents is 2. The fraction of sp³-hybridized carbons (Fsp3) is 0.0625. The maximum Gasteiger partial charge on any atom is 0.269 e. The number of nitro groups is 2. The standard InChI is InChI=1S/C32H26N4O4/c1-23-21-27(11-17-31(23)33-19-3-5-25-7-13-29(14-8-25)35(37)38)28-12-18-32(24(2)22-28)34-20-4-6-26-9-15-30(16-10-26)36(39)40/h3-22H,1-2H3/b5-3+,6-4+,33-19?,34-20?. The first-order chi connectivity index (χ1) is 19.3. The van der Waals surface area contributed by atoms with Gasteiger partial charge in [0, 0.05) is 36.7 Å². The summed E-state index contributed by atoms with van der Waals surface area (Å²) in [7, 11) is 0. The summed E-state index contributed by atoms with van der Waals surface area (Å²) in [4.78, 5) is 29.8. The van der Waals surface area contributed by atoms with E-state index >= 15 is 0 Å². The Balaban J connectivity index is 1.38. The van der Waals surface area contributed by atoms with Crippen LogP contribution in [0.5, 0.6) is 0 Å². The first-order valence-corrected chi connectivity index (χ1v) is 12.4. The fourth-order valence-electron chi connectivity index (χ4n) is 3.93. The third-order valence-corrected chi connectivity index (χ3v) is 6.11. The monoisotopic (exact) mass is 530 g/mol. The van der Waals surface area contributed by atoms with Crippen molar-refractivity contribution < 1.29 is 9.85 Å². The van der Waals surface area contributed by atoms with Crippen LogP contribution in [0.2, 0.25) is 0 Å². The van der Waals surface area contributed by atoms with Gasteiger partial charge in [-0.15, -0.1) is 0 Å². The molecule has 0 aromatic heterocycles. The van der Waals surface area contributed by atoms with Crippen LogP contribution in [0.1, 0.15) is 22.3 Å². The Bertz CT molecular complexity index is 1530. The Morgan fingerprint density at radius 1 is 0.575 bits per heavy atom. The molecule has 0 N–H and O–H groups in total. The average Bonchev–Trinajstić information content (AvgIpc) is 2.95. The number of nitrogens with zero attached hydrogens (tertiary/aromatic N) is 4. The summed E-state index contributed by atoms with van der Waals surface area (Å²) in [6, 6.07) is 24.9. The lowest BCUT2D eigenvalue weighted by atomic mass is 10.00. The highest BCUT2D eigenvalue weighted by Crippen LogP contribution is 2.30. The van der Waals surface area contributed by atoms with Crippen molar-refractivity contribution in [2.75, 3.05) is 0 Å². The topological polar surface area (TPSA) is 111 Å². The van der Waals surface area contributed by atoms with E-state index in [-0.39, 0.29) is 11.4 Å². The van der Waals surface area contributed by atoms with Crippen LogP contribution in [0, 0.1) is 34.1 Å². The molecule has 4 aromatic rings. The Morgan fingerprint density at radius 2 is 0.950 bits per heavy atom. The molecule has 40 heavy (non-hydrogen) atoms. The molecule has 0 bridgehead atoms. The van der Waals surface area contributed by atoms with Crippen molar-refractivity contribution >= 4 is 47.3 Å². The Kier molecular flexibility index (Phi) is 8.84. The second-order valence-corrected chi connectivity index (χ2v) is 8.97. The summed E-state index contributed by atoms with van der Waals surface area (Å²) in [6.07, 6.45) is 10.7. The smallest absolute Gasteiger partial charge is 0.258 e. The van der Waals surface area contributed by atoms with E-state index in [0.29, 0.717) is 0 Å². The largest absolute Gasteiger partial charge is 0.269 e. The van der Waals surface area contributed by atoms with Gasteiger partial charge in [0.25, 0.3) is 11.4 Å². The molecule has 0 aliphatic heterocycles. The van der Waals surface area contributed by atoms with Crippen LogP contribution in [0.4, 0.5) is 22.7 Å². The lowest BCUT2D eigenvalue weighted by Crippen LogP contribution is -1.86. The molecule has 0 saturated heterocycles. The molecule has 4 aromatic carbocycles. The van der Waals surface area contributed by atoms with E-state index in [4.69, 9.17) is 0 Å². The molecular formula is C32H26N4O4. The van der Waals surface area contributed by atoms with Gasteiger partial charge in [-0.05, 0) is 108 Å². The Morgan fingerprint density at radius 3 is 1.27 bits per heavy atom. The van der Waals surface area contributed by atoms with E-state index in [0.717, 1.165) is 44.8 Å². The molecule has 8 heteroatoms. The number of allylic oxidation sites excluding steroid dienone is 2. The molecule has 0 aliphatic rings. The van der Waals surface area contributed by atoms with Crippen LogP contribution >= 0.6 is 0 Å². The van der Waals surface area contributed by atoms with E-state index in [1.807, 2.05) is 50.3 Å². The molecule has 0 saturated carbocycles. The second-order valence-electron chi connectivity index (χ2n) is 8.97. The summed E-state index contributed by atoms with van der Waals surface area (Å²) < 4.78 is 0. The summed E-state index contributed by atoms with van der Waals surface area (Å²) in [5.74, 6) is 0. The molecule has 0 heterocycles. The van der Waals surface area contributed by atoms with Gasteiger partial charge < -0.3 is 0 Å². The van der Waals surface area contributed by atoms with Crippen LogP contribution in [0.25, 0.3) is 23.3 Å². The molecule has 4 rings (SSSR count). The summed E-state index contributed by atoms with van der Waals surface area (Å²) in [5, 5.41) is 21.5. The van der Waals surface area contributed by atoms with E-state index in [2.05, 4.69) is 22.1 Å². The molecule has 198 valence electrons. The lowest BCUT2D eigenvalue weighted by molar-refractivity contribution is -0.385. The average molecular weight is 531 g/mol. The second kappa shape index (κ2) is 12.8. The maximum atomic E-state index is 10.8. The minimum atomic E-state index is -0.419. The van der Waals surface area contributed by atoms with Crippen molar-refractivity contribution in [1.29, 1.82) is 0 Å². The SMILES string of the molecule is Cc1cc(-c2ccc(N=C/C=C/c3ccc([N+](=O)[O-])cc3)c(C)c2)ccc1N=C/C=C/c1ccc([N+](=O)[O-])cc1. The van der Waals surface area contributed by atoms with Gasteiger partial charge in [0.1, 0.15) is 0 Å². The number of nitro benzene ring substituents is 2. The Labute approximate surface area is 231 Å². The minimum absolute atomic E-state index is 0.0630. The van der Waals surface area contributed by atoms with Gasteiger partial charge in [0.05, 0.1) is 21.2 Å². The number of hydrogen-bond donors (Lipinski definition) is 0. The molecule has 0 unspecified atom stereocenters. The van der Waals surface area contributed by atoms with Crippen molar-refractivity contribution in [3.8, 4) is 11.1 Å². The van der Waals surface area contributed by atoms with Crippen molar-refractivity contribution in [3.05, 3.63) is 140 Å². The highest BCUT2D eigenvalue weighted by atomic mass is 16.6. The van der Waals surface area contributed by atoms with Gasteiger partial charge in [-0.1, -0.05) is 24.3 Å². The van der Waals surface area contributed by atoms with Crippen LogP contribution in [-0.2, 0) is 0 Å². The number of benzene rings is 4. The van der Waals surface area contributed by atoms with Crippen molar-refractivity contribution in [2.45, 2.75) is 13.8 Å². The molecule has 0 atom stereocenters. The van der Waals surface area contributed by atoms with Gasteiger partial charge in [0.15, 0.2) is 0 Å². The van der Waals surface area contributed by atoms with Crippen molar-refractivity contribution in [3.63, 3.8) is 0 Å². The van der Waals surface area contributed by atoms with E-state index in [1.165, 1.54) is 24.3 Å². The van der Waals surface area contributed by atoms with Crippen molar-refractivity contribution in [2.24, 2.45) is 9.98 Å². The van der Waals surface area contributed by atoms with E-state index in [9.17, 15) is 20.2 Å². The van der Waals surface area contributed by atoms with Gasteiger partial charge >= 0.3 is 0 Å². The summed E-state index contributed by atoms with van der Waals surface area (Å²) in [6.45, 7) is 4.03. The number of hydrogen-bond acceptors (Lipinski definition) is 6. The van der Waals surface area contributed by atoms with Crippen LogP contribution < -0.4 is 0 Å². The highest BCUT2D eigenvalue weighted by Gasteiger charge is 2.05. The molecule has 0 spiro atoms. The third kappa shape index (κ3) is 7.29. The van der Waals surface area contributed by atoms with Crippen LogP contribution in [-0.4, -0.2) is 22.3 Å². The van der Waals surface area contributed by atoms with E-state index < -0.39 is 9.85 Å². The fourth-order valence-corrected chi connectivity index (χ4v) is 3.93. The zero-order chi connectivity index (χ0) is 28.5. The first-order valence-electron chi connectivity index (χ1n) is 12.4. The quantitative estimate of drug-likeness (QED) is 0.122. The van der Waals surface area contributed by atoms with Gasteiger partial charge in [-0.25, -0.2) is 0 Å². The summed E-state index contributed by atoms with van der Waals surface area (Å²) in [5.41, 5.74) is 7.78. The van der Waals surface area contributed by atoms with Crippen LogP contribution in [0.3, 0.4) is 0 Å². The molecule has 0 aliphatic carbocycles. The van der Waals surface area contributed by atoms with Gasteiger partial charge in [0.2, 0.25) is 0 Å². The number of aryl methyl sites for hydroxylation is 2. The highest BCUT2D eigenvalue weighted by molar-refractivity contribution is 5.82. The third-order valence-electron chi connectivity index (χ3n) is 6.11. The molecule has 0 amide bonds. The maximum absolute atomic E-state index is 10.8. The molecule has 0 fully saturated rings. The van der Waals surface area contributed by atoms with Crippen LogP contribution in [0.15, 0.2) is 107 Å². The predicted molar refractivity (Wildman–Crippen MR) is 162 cm³/mol. The molecule has 0 radical (unpaired) electrons. The molecular weight excluding hydrogens is 504 g/mol. The first kappa shape index (κ1) is 27.5. The van der Waals surface area contributed by atoms with Gasteiger partial charge in [-0.3, -0.25) is 30.2 Å². The summed E-state index contributed by atoms with van der Waals surface area (Å²) >= 11 is 0. The Hall–Kier alpha value is -5.50. The number of aliphatic imine (C=N–C) groups is 2. The zero-order valence-corrected chi connectivity index (χ0v) is 22.0. The lowest BCUT2D eigenvalue weighted by Gasteiger charge is -2.08. The normalized spacial score (nSPS) is 11.8. The number of rotatable bonds is 9. The van der Waals surface area contributed by atoms with E-state index in [1.54, 1.807) is 48.8 Å². The zero-order valence-electron chi connectivity index (χ0n) is 22.0. The predicted octanol–water partition coefficient (Wildman–Crippen LogP) is 8.62. The van der Waals surface area contributed by atoms with Crippen molar-refractivity contribution in [1.82, 2.24) is 0 Å². The van der Waals surface area contributed by atoms with Gasteiger partial charge in [-0.2, -0.15) is 0 Å².